The molecule has 1 heterocycles. The first kappa shape index (κ1) is 18.8. The van der Waals surface area contributed by atoms with Crippen molar-refractivity contribution in [3.63, 3.8) is 0 Å². The van der Waals surface area contributed by atoms with Gasteiger partial charge in [-0.1, -0.05) is 36.4 Å². The molecule has 2 aromatic carbocycles. The highest BCUT2D eigenvalue weighted by atomic mass is 32.2. The molecule has 2 N–H and O–H groups in total. The Hall–Kier alpha value is -3.00. The Morgan fingerprint density at radius 1 is 0.889 bits per heavy atom. The van der Waals surface area contributed by atoms with Crippen LogP contribution in [0.5, 0.6) is 0 Å². The van der Waals surface area contributed by atoms with Gasteiger partial charge in [0.2, 0.25) is 11.9 Å². The molecule has 1 aromatic heterocycles. The molecule has 140 valence electrons. The van der Waals surface area contributed by atoms with Crippen molar-refractivity contribution in [2.24, 2.45) is 0 Å². The first-order valence-electron chi connectivity index (χ1n) is 8.46. The van der Waals surface area contributed by atoms with Gasteiger partial charge >= 0.3 is 0 Å². The summed E-state index contributed by atoms with van der Waals surface area (Å²) in [6.45, 7) is 3.99. The summed E-state index contributed by atoms with van der Waals surface area (Å²) in [6.07, 6.45) is 1.17. The topological polar surface area (TPSA) is 96.9 Å². The molecule has 3 aromatic rings. The van der Waals surface area contributed by atoms with Crippen LogP contribution in [0.2, 0.25) is 0 Å². The Bertz CT molecular complexity index is 1040. The third-order valence-electron chi connectivity index (χ3n) is 3.60. The number of hydrogen-bond donors (Lipinski definition) is 2. The van der Waals surface area contributed by atoms with E-state index in [1.807, 2.05) is 44.2 Å². The fourth-order valence-corrected chi connectivity index (χ4v) is 3.07. The molecule has 0 aliphatic heterocycles. The van der Waals surface area contributed by atoms with Crippen LogP contribution in [0.25, 0.3) is 11.4 Å². The van der Waals surface area contributed by atoms with Crippen LogP contribution in [0, 0.1) is 0 Å². The maximum Gasteiger partial charge on any atom is 0.232 e. The summed E-state index contributed by atoms with van der Waals surface area (Å²) in [7, 11) is -3.30. The predicted molar refractivity (Wildman–Crippen MR) is 107 cm³/mol. The van der Waals surface area contributed by atoms with E-state index in [1.54, 1.807) is 24.3 Å². The van der Waals surface area contributed by atoms with Gasteiger partial charge in [0.05, 0.1) is 4.90 Å². The Morgan fingerprint density at radius 3 is 2.26 bits per heavy atom. The number of anilines is 3. The highest BCUT2D eigenvalue weighted by Crippen LogP contribution is 2.22. The number of benzene rings is 2. The van der Waals surface area contributed by atoms with Gasteiger partial charge in [-0.25, -0.2) is 8.42 Å². The van der Waals surface area contributed by atoms with Crippen molar-refractivity contribution >= 4 is 27.4 Å². The van der Waals surface area contributed by atoms with Crippen LogP contribution in [0.15, 0.2) is 59.5 Å². The fourth-order valence-electron chi connectivity index (χ4n) is 2.40. The zero-order valence-corrected chi connectivity index (χ0v) is 16.2. The molecule has 8 heteroatoms. The zero-order valence-electron chi connectivity index (χ0n) is 15.3. The molecule has 0 fully saturated rings. The Balaban J connectivity index is 1.99. The van der Waals surface area contributed by atoms with Crippen molar-refractivity contribution in [2.75, 3.05) is 16.9 Å². The molecule has 0 amide bonds. The van der Waals surface area contributed by atoms with Crippen molar-refractivity contribution in [3.05, 3.63) is 54.6 Å². The maximum absolute atomic E-state index is 11.8. The van der Waals surface area contributed by atoms with E-state index >= 15 is 0 Å². The first-order chi connectivity index (χ1) is 12.8. The van der Waals surface area contributed by atoms with E-state index in [2.05, 4.69) is 25.6 Å². The van der Waals surface area contributed by atoms with Gasteiger partial charge in [0, 0.05) is 23.5 Å². The lowest BCUT2D eigenvalue weighted by Crippen LogP contribution is -2.14. The second-order valence-corrected chi connectivity index (χ2v) is 8.41. The van der Waals surface area contributed by atoms with E-state index < -0.39 is 9.84 Å². The van der Waals surface area contributed by atoms with E-state index in [-0.39, 0.29) is 10.9 Å². The Kier molecular flexibility index (Phi) is 5.36. The lowest BCUT2D eigenvalue weighted by atomic mass is 10.2. The van der Waals surface area contributed by atoms with E-state index in [9.17, 15) is 8.42 Å². The second-order valence-electron chi connectivity index (χ2n) is 6.40. The van der Waals surface area contributed by atoms with Crippen molar-refractivity contribution in [3.8, 4) is 11.4 Å². The second kappa shape index (κ2) is 7.71. The monoisotopic (exact) mass is 383 g/mol. The summed E-state index contributed by atoms with van der Waals surface area (Å²) < 4.78 is 23.5. The lowest BCUT2D eigenvalue weighted by Gasteiger charge is -2.12. The van der Waals surface area contributed by atoms with Gasteiger partial charge in [0.15, 0.2) is 15.7 Å². The van der Waals surface area contributed by atoms with Gasteiger partial charge in [-0.3, -0.25) is 0 Å². The normalized spacial score (nSPS) is 11.4. The molecule has 0 aliphatic rings. The minimum atomic E-state index is -3.30. The van der Waals surface area contributed by atoms with E-state index in [0.29, 0.717) is 23.4 Å². The van der Waals surface area contributed by atoms with Gasteiger partial charge < -0.3 is 10.6 Å². The molecule has 27 heavy (non-hydrogen) atoms. The molecule has 0 aliphatic carbocycles. The van der Waals surface area contributed by atoms with Gasteiger partial charge in [-0.15, -0.1) is 0 Å². The molecule has 0 spiro atoms. The first-order valence-corrected chi connectivity index (χ1v) is 10.4. The van der Waals surface area contributed by atoms with E-state index in [1.165, 1.54) is 6.26 Å². The lowest BCUT2D eigenvalue weighted by molar-refractivity contribution is 0.602. The summed E-state index contributed by atoms with van der Waals surface area (Å²) >= 11 is 0. The van der Waals surface area contributed by atoms with Crippen molar-refractivity contribution in [2.45, 2.75) is 24.8 Å². The molecule has 3 rings (SSSR count). The molecule has 0 unspecified atom stereocenters. The van der Waals surface area contributed by atoms with Crippen molar-refractivity contribution in [1.82, 2.24) is 15.0 Å². The van der Waals surface area contributed by atoms with Crippen LogP contribution >= 0.6 is 0 Å². The zero-order chi connectivity index (χ0) is 19.4. The minimum Gasteiger partial charge on any atom is -0.352 e. The highest BCUT2D eigenvalue weighted by Gasteiger charge is 2.11. The van der Waals surface area contributed by atoms with Gasteiger partial charge in [0.1, 0.15) is 0 Å². The van der Waals surface area contributed by atoms with Gasteiger partial charge in [-0.2, -0.15) is 15.0 Å². The summed E-state index contributed by atoms with van der Waals surface area (Å²) in [4.78, 5) is 13.6. The molecule has 0 saturated carbocycles. The number of sulfone groups is 1. The molecule has 0 atom stereocenters. The number of nitrogens with one attached hydrogen (secondary N) is 2. The summed E-state index contributed by atoms with van der Waals surface area (Å²) in [5.41, 5.74) is 1.44. The fraction of sp³-hybridized carbons (Fsp3) is 0.211. The summed E-state index contributed by atoms with van der Waals surface area (Å²) in [5.74, 6) is 1.30. The Morgan fingerprint density at radius 2 is 1.59 bits per heavy atom. The van der Waals surface area contributed by atoms with Crippen molar-refractivity contribution < 1.29 is 8.42 Å². The van der Waals surface area contributed by atoms with Crippen LogP contribution < -0.4 is 10.6 Å². The van der Waals surface area contributed by atoms with Crippen LogP contribution in [0.1, 0.15) is 13.8 Å². The van der Waals surface area contributed by atoms with E-state index in [0.717, 1.165) is 5.56 Å². The maximum atomic E-state index is 11.8. The molecular weight excluding hydrogens is 362 g/mol. The average molecular weight is 383 g/mol. The van der Waals surface area contributed by atoms with Gasteiger partial charge in [0.25, 0.3) is 0 Å². The number of nitrogens with zero attached hydrogens (tertiary/aromatic N) is 3. The number of aromatic nitrogens is 3. The van der Waals surface area contributed by atoms with Gasteiger partial charge in [-0.05, 0) is 32.0 Å². The largest absolute Gasteiger partial charge is 0.352 e. The average Bonchev–Trinajstić information content (AvgIpc) is 2.61. The summed E-state index contributed by atoms with van der Waals surface area (Å²) in [6, 6.07) is 16.3. The third-order valence-corrected chi connectivity index (χ3v) is 4.71. The van der Waals surface area contributed by atoms with Crippen LogP contribution in [0.3, 0.4) is 0 Å². The number of rotatable bonds is 6. The molecule has 0 saturated heterocycles. The van der Waals surface area contributed by atoms with E-state index in [4.69, 9.17) is 0 Å². The third kappa shape index (κ3) is 5.01. The highest BCUT2D eigenvalue weighted by molar-refractivity contribution is 7.90. The summed E-state index contributed by atoms with van der Waals surface area (Å²) in [5, 5.41) is 6.25. The SMILES string of the molecule is CC(C)Nc1nc(Nc2cccc(S(C)(=O)=O)c2)nc(-c2ccccc2)n1. The van der Waals surface area contributed by atoms with Crippen molar-refractivity contribution in [1.29, 1.82) is 0 Å². The minimum absolute atomic E-state index is 0.150. The predicted octanol–water partition coefficient (Wildman–Crippen LogP) is 3.51. The Labute approximate surface area is 158 Å². The smallest absolute Gasteiger partial charge is 0.232 e. The molecule has 0 radical (unpaired) electrons. The standard InChI is InChI=1S/C19H21N5O2S/c1-13(2)20-18-22-17(14-8-5-4-6-9-14)23-19(24-18)21-15-10-7-11-16(12-15)27(3,25)26/h4-13H,1-3H3,(H2,20,21,22,23,24). The molecular formula is C19H21N5O2S. The molecule has 7 nitrogen and oxygen atoms in total. The van der Waals surface area contributed by atoms with Crippen LogP contribution in [0.4, 0.5) is 17.6 Å². The van der Waals surface area contributed by atoms with Crippen LogP contribution in [-0.4, -0.2) is 35.7 Å². The molecule has 0 bridgehead atoms. The number of hydrogen-bond acceptors (Lipinski definition) is 7. The quantitative estimate of drug-likeness (QED) is 0.672. The van der Waals surface area contributed by atoms with Crippen LogP contribution in [-0.2, 0) is 9.84 Å².